The van der Waals surface area contributed by atoms with E-state index in [1.807, 2.05) is 0 Å². The van der Waals surface area contributed by atoms with Crippen molar-refractivity contribution in [1.82, 2.24) is 29.1 Å². The number of quaternary nitrogens is 1. The second-order valence-electron chi connectivity index (χ2n) is 10.3. The summed E-state index contributed by atoms with van der Waals surface area (Å²) in [5.41, 5.74) is 0.330. The van der Waals surface area contributed by atoms with E-state index >= 15 is 0 Å². The molecule has 0 aliphatic carbocycles. The van der Waals surface area contributed by atoms with Crippen LogP contribution in [-0.4, -0.2) is 83.4 Å². The third-order valence-corrected chi connectivity index (χ3v) is 8.37. The Labute approximate surface area is 266 Å². The first-order valence-corrected chi connectivity index (χ1v) is 15.8. The van der Waals surface area contributed by atoms with E-state index in [1.54, 1.807) is 0 Å². The lowest BCUT2D eigenvalue weighted by Crippen LogP contribution is -2.63. The summed E-state index contributed by atoms with van der Waals surface area (Å²) in [6.07, 6.45) is -3.01. The molecule has 3 aromatic heterocycles. The van der Waals surface area contributed by atoms with Gasteiger partial charge in [-0.15, -0.1) is 5.10 Å². The highest BCUT2D eigenvalue weighted by Gasteiger charge is 2.51. The number of hydrogen-bond acceptors (Lipinski definition) is 8. The molecule has 1 aliphatic rings. The maximum atomic E-state index is 15.0. The molecular weight excluding hydrogens is 685 g/mol. The number of piperazine rings is 1. The molecule has 1 aromatic carbocycles. The van der Waals surface area contributed by atoms with Crippen LogP contribution >= 0.6 is 23.2 Å². The number of amides is 1. The summed E-state index contributed by atoms with van der Waals surface area (Å²) in [5.74, 6) is -4.68. The van der Waals surface area contributed by atoms with Crippen LogP contribution in [0.1, 0.15) is 21.6 Å². The maximum absolute atomic E-state index is 15.0. The molecule has 0 radical (unpaired) electrons. The summed E-state index contributed by atoms with van der Waals surface area (Å²) in [5, 5.41) is 7.64. The van der Waals surface area contributed by atoms with Gasteiger partial charge in [-0.25, -0.2) is 17.6 Å². The highest BCUT2D eigenvalue weighted by atomic mass is 35.5. The number of aromatic amines is 1. The lowest BCUT2D eigenvalue weighted by atomic mass is 10.0. The largest absolute Gasteiger partial charge is 0.497 e. The quantitative estimate of drug-likeness (QED) is 0.219. The van der Waals surface area contributed by atoms with E-state index in [4.69, 9.17) is 28.0 Å². The maximum Gasteiger partial charge on any atom is 0.497 e. The number of hydroxylamine groups is 2. The van der Waals surface area contributed by atoms with Crippen molar-refractivity contribution in [3.8, 4) is 0 Å². The Morgan fingerprint density at radius 3 is 2.41 bits per heavy atom. The first kappa shape index (κ1) is 33.1. The van der Waals surface area contributed by atoms with E-state index in [9.17, 15) is 40.4 Å². The number of benzene rings is 1. The van der Waals surface area contributed by atoms with Gasteiger partial charge in [0.15, 0.2) is 5.82 Å². The number of nitrogens with zero attached hydrogens (tertiary/aromatic N) is 5. The molecule has 0 saturated carbocycles. The number of nitrogens with one attached hydrogen (secondary N) is 2. The van der Waals surface area contributed by atoms with Crippen molar-refractivity contribution in [1.29, 1.82) is 0 Å². The zero-order valence-corrected chi connectivity index (χ0v) is 25.8. The zero-order valence-electron chi connectivity index (χ0n) is 23.4. The number of rotatable bonds is 7. The minimum atomic E-state index is -5.36. The smallest absolute Gasteiger partial charge is 0.327 e. The fraction of sp³-hybridized carbons (Fsp3) is 0.269. The summed E-state index contributed by atoms with van der Waals surface area (Å²) in [7, 11) is -3.74. The summed E-state index contributed by atoms with van der Waals surface area (Å²) in [4.78, 5) is 46.1. The molecule has 0 atom stereocenters. The van der Waals surface area contributed by atoms with Crippen molar-refractivity contribution in [3.05, 3.63) is 85.8 Å². The average molecular weight is 707 g/mol. The number of carbonyl (C=O) groups is 2. The molecule has 4 heterocycles. The van der Waals surface area contributed by atoms with Crippen molar-refractivity contribution in [2.24, 2.45) is 0 Å². The standard InChI is InChI=1S/C26H21Cl2F4N7O6S/c1-46(43,44)36-20-4-5-21(35-34-20)39(45-25(42)26(30,31)32)8-6-37(7-9-39)24(41)16-11-14(2-3-18(16)29)10-15-13-33-23(40)19-12-17(27)22(28)38(15)19/h2-5,11-13H,6-10H2,1H3,(H-,33,34,36,40)/p+1. The van der Waals surface area contributed by atoms with Crippen LogP contribution in [0, 0.1) is 5.82 Å². The van der Waals surface area contributed by atoms with Gasteiger partial charge in [-0.2, -0.15) is 13.2 Å². The Hall–Kier alpha value is -4.26. The predicted octanol–water partition coefficient (Wildman–Crippen LogP) is 3.31. The van der Waals surface area contributed by atoms with Crippen molar-refractivity contribution >= 4 is 62.3 Å². The minimum absolute atomic E-state index is 0.0864. The zero-order chi connectivity index (χ0) is 33.6. The second kappa shape index (κ2) is 12.2. The van der Waals surface area contributed by atoms with Gasteiger partial charge in [-0.3, -0.25) is 23.5 Å². The van der Waals surface area contributed by atoms with Gasteiger partial charge in [0.1, 0.15) is 29.6 Å². The minimum Gasteiger partial charge on any atom is -0.327 e. The summed E-state index contributed by atoms with van der Waals surface area (Å²) in [6.45, 7) is -1.44. The van der Waals surface area contributed by atoms with E-state index in [0.29, 0.717) is 11.3 Å². The number of aromatic nitrogens is 4. The molecule has 2 N–H and O–H groups in total. The Kier molecular flexibility index (Phi) is 8.75. The molecule has 20 heteroatoms. The molecule has 0 spiro atoms. The molecule has 5 rings (SSSR count). The molecule has 1 fully saturated rings. The number of hydrogen-bond donors (Lipinski definition) is 2. The normalized spacial score (nSPS) is 15.2. The van der Waals surface area contributed by atoms with Crippen LogP contribution in [-0.2, 0) is 26.1 Å². The summed E-state index contributed by atoms with van der Waals surface area (Å²) >= 11 is 12.4. The molecular formula is C26H22Cl2F4N7O6S+. The first-order valence-electron chi connectivity index (χ1n) is 13.1. The number of carbonyl (C=O) groups excluding carboxylic acids is 2. The lowest BCUT2D eigenvalue weighted by Gasteiger charge is -2.39. The van der Waals surface area contributed by atoms with Gasteiger partial charge in [-0.1, -0.05) is 39.0 Å². The highest BCUT2D eigenvalue weighted by Crippen LogP contribution is 2.30. The van der Waals surface area contributed by atoms with Gasteiger partial charge in [0, 0.05) is 24.4 Å². The van der Waals surface area contributed by atoms with Crippen molar-refractivity contribution in [3.63, 3.8) is 0 Å². The lowest BCUT2D eigenvalue weighted by molar-refractivity contribution is -0.238. The van der Waals surface area contributed by atoms with Crippen molar-refractivity contribution < 1.29 is 40.4 Å². The third-order valence-electron chi connectivity index (χ3n) is 7.03. The predicted molar refractivity (Wildman–Crippen MR) is 157 cm³/mol. The van der Waals surface area contributed by atoms with Gasteiger partial charge in [0.2, 0.25) is 10.0 Å². The van der Waals surface area contributed by atoms with Crippen LogP contribution in [0.5, 0.6) is 0 Å². The first-order chi connectivity index (χ1) is 21.5. The number of fused-ring (bicyclic) bond motifs is 1. The summed E-state index contributed by atoms with van der Waals surface area (Å²) in [6, 6.07) is 7.44. The molecule has 46 heavy (non-hydrogen) atoms. The Balaban J connectivity index is 1.39. The van der Waals surface area contributed by atoms with Crippen molar-refractivity contribution in [2.45, 2.75) is 12.6 Å². The molecule has 1 saturated heterocycles. The second-order valence-corrected chi connectivity index (χ2v) is 12.8. The van der Waals surface area contributed by atoms with E-state index in [2.05, 4.69) is 19.9 Å². The summed E-state index contributed by atoms with van der Waals surface area (Å²) < 4.78 is 79.8. The Bertz CT molecular complexity index is 2010. The fourth-order valence-corrected chi connectivity index (χ4v) is 5.83. The van der Waals surface area contributed by atoms with E-state index in [0.717, 1.165) is 24.5 Å². The van der Waals surface area contributed by atoms with Gasteiger partial charge in [0.25, 0.3) is 17.3 Å². The highest BCUT2D eigenvalue weighted by molar-refractivity contribution is 7.92. The van der Waals surface area contributed by atoms with Crippen LogP contribution in [0.25, 0.3) is 5.52 Å². The average Bonchev–Trinajstić information content (AvgIpc) is 3.29. The molecule has 1 amide bonds. The Morgan fingerprint density at radius 2 is 1.80 bits per heavy atom. The molecule has 0 bridgehead atoms. The van der Waals surface area contributed by atoms with Gasteiger partial charge >= 0.3 is 12.1 Å². The molecule has 0 unspecified atom stereocenters. The van der Waals surface area contributed by atoms with Crippen LogP contribution < -0.4 is 14.9 Å². The van der Waals surface area contributed by atoms with Crippen LogP contribution in [0.4, 0.5) is 29.2 Å². The third kappa shape index (κ3) is 6.79. The Morgan fingerprint density at radius 1 is 1.11 bits per heavy atom. The monoisotopic (exact) mass is 706 g/mol. The number of H-pyrrole nitrogens is 1. The fourth-order valence-electron chi connectivity index (χ4n) is 4.90. The molecule has 1 aliphatic heterocycles. The van der Waals surface area contributed by atoms with Crippen LogP contribution in [0.15, 0.2) is 47.4 Å². The number of halogens is 6. The molecule has 13 nitrogen and oxygen atoms in total. The molecule has 244 valence electrons. The van der Waals surface area contributed by atoms with Gasteiger partial charge in [0.05, 0.1) is 29.9 Å². The van der Waals surface area contributed by atoms with Gasteiger partial charge in [-0.05, 0) is 29.8 Å². The van der Waals surface area contributed by atoms with E-state index in [-0.39, 0.29) is 52.4 Å². The SMILES string of the molecule is CS(=O)(=O)Nc1ccc([N+]2(OC(=O)C(F)(F)F)CCN(C(=O)c3cc(Cc4c[nH]c(=O)c5cc(Cl)c(Cl)n45)ccc3F)CC2)nn1. The number of alkyl halides is 3. The van der Waals surface area contributed by atoms with E-state index in [1.165, 1.54) is 33.7 Å². The van der Waals surface area contributed by atoms with Crippen LogP contribution in [0.3, 0.4) is 0 Å². The topological polar surface area (TPSA) is 156 Å². The van der Waals surface area contributed by atoms with Crippen molar-refractivity contribution in [2.75, 3.05) is 37.2 Å². The molecule has 4 aromatic rings. The van der Waals surface area contributed by atoms with Gasteiger partial charge < -0.3 is 9.88 Å². The number of sulfonamides is 1. The van der Waals surface area contributed by atoms with Crippen LogP contribution in [0.2, 0.25) is 10.2 Å². The van der Waals surface area contributed by atoms with E-state index < -0.39 is 57.2 Å². The number of anilines is 1.